The molecule has 0 radical (unpaired) electrons. The fourth-order valence-electron chi connectivity index (χ4n) is 2.02. The van der Waals surface area contributed by atoms with Gasteiger partial charge < -0.3 is 24.8 Å². The van der Waals surface area contributed by atoms with Crippen LogP contribution in [0, 0.1) is 0 Å². The van der Waals surface area contributed by atoms with Crippen LogP contribution in [-0.2, 0) is 6.54 Å². The summed E-state index contributed by atoms with van der Waals surface area (Å²) in [6, 6.07) is 13.7. The van der Waals surface area contributed by atoms with E-state index in [9.17, 15) is 4.79 Å². The Morgan fingerprint density at radius 2 is 1.83 bits per heavy atom. The van der Waals surface area contributed by atoms with Gasteiger partial charge in [-0.3, -0.25) is 4.79 Å². The molecular formula is C16H18BNO5. The predicted molar refractivity (Wildman–Crippen MR) is 86.0 cm³/mol. The molecule has 0 aromatic heterocycles. The number of hydrogen-bond donors (Lipinski definition) is 3. The van der Waals surface area contributed by atoms with Gasteiger partial charge in [0.15, 0.2) is 0 Å². The minimum atomic E-state index is -1.85. The molecule has 0 unspecified atom stereocenters. The Bertz CT molecular complexity index is 645. The summed E-state index contributed by atoms with van der Waals surface area (Å²) in [4.78, 5) is 12.2. The van der Waals surface area contributed by atoms with Crippen molar-refractivity contribution in [1.82, 2.24) is 5.32 Å². The zero-order valence-corrected chi connectivity index (χ0v) is 12.7. The first kappa shape index (κ1) is 16.9. The minimum Gasteiger partial charge on any atom is -0.512 e. The average molecular weight is 315 g/mol. The number of carbonyl (C=O) groups is 1. The van der Waals surface area contributed by atoms with E-state index in [1.165, 1.54) is 0 Å². The molecule has 23 heavy (non-hydrogen) atoms. The number of nitrogens with one attached hydrogen (secondary N) is 1. The highest BCUT2D eigenvalue weighted by Gasteiger charge is 2.12. The van der Waals surface area contributed by atoms with E-state index in [2.05, 4.69) is 5.32 Å². The van der Waals surface area contributed by atoms with Gasteiger partial charge in [-0.05, 0) is 36.8 Å². The van der Waals surface area contributed by atoms with E-state index in [-0.39, 0.29) is 5.91 Å². The van der Waals surface area contributed by atoms with Crippen LogP contribution >= 0.6 is 0 Å². The van der Waals surface area contributed by atoms with Crippen molar-refractivity contribution in [3.63, 3.8) is 0 Å². The van der Waals surface area contributed by atoms with Gasteiger partial charge >= 0.3 is 7.32 Å². The highest BCUT2D eigenvalue weighted by molar-refractivity contribution is 6.33. The zero-order chi connectivity index (χ0) is 16.7. The lowest BCUT2D eigenvalue weighted by Gasteiger charge is -2.11. The average Bonchev–Trinajstić information content (AvgIpc) is 2.54. The molecule has 0 saturated carbocycles. The second-order valence-corrected chi connectivity index (χ2v) is 4.70. The second kappa shape index (κ2) is 8.21. The van der Waals surface area contributed by atoms with Gasteiger partial charge in [0.25, 0.3) is 5.91 Å². The fourth-order valence-corrected chi connectivity index (χ4v) is 2.02. The molecular weight excluding hydrogens is 297 g/mol. The summed E-state index contributed by atoms with van der Waals surface area (Å²) in [5, 5.41) is 20.2. The lowest BCUT2D eigenvalue weighted by molar-refractivity contribution is 0.0947. The standard InChI is InChI=1S/C16H18BNO5/c1-2-22-15-6-4-3-5-14(15)16(19)18-11-12-7-9-13(10-8-12)23-17(20)21/h3-10,20-21H,2,11H2,1H3,(H,18,19). The van der Waals surface area contributed by atoms with Crippen LogP contribution in [0.1, 0.15) is 22.8 Å². The Labute approximate surface area is 134 Å². The van der Waals surface area contributed by atoms with Crippen molar-refractivity contribution in [1.29, 1.82) is 0 Å². The molecule has 3 N–H and O–H groups in total. The van der Waals surface area contributed by atoms with Crippen LogP contribution in [0.2, 0.25) is 0 Å². The van der Waals surface area contributed by atoms with Gasteiger partial charge in [0.05, 0.1) is 12.2 Å². The van der Waals surface area contributed by atoms with E-state index < -0.39 is 7.32 Å². The van der Waals surface area contributed by atoms with Crippen molar-refractivity contribution in [3.05, 3.63) is 59.7 Å². The number of benzene rings is 2. The molecule has 0 aliphatic rings. The number of rotatable bonds is 7. The van der Waals surface area contributed by atoms with E-state index in [0.29, 0.717) is 30.2 Å². The van der Waals surface area contributed by atoms with Crippen LogP contribution in [-0.4, -0.2) is 29.9 Å². The van der Waals surface area contributed by atoms with Crippen LogP contribution < -0.4 is 14.7 Å². The van der Waals surface area contributed by atoms with Crippen molar-refractivity contribution in [3.8, 4) is 11.5 Å². The van der Waals surface area contributed by atoms with Crippen LogP contribution in [0.15, 0.2) is 48.5 Å². The zero-order valence-electron chi connectivity index (χ0n) is 12.7. The largest absolute Gasteiger partial charge is 0.707 e. The normalized spacial score (nSPS) is 10.0. The van der Waals surface area contributed by atoms with E-state index in [1.54, 1.807) is 42.5 Å². The van der Waals surface area contributed by atoms with Gasteiger partial charge in [0.1, 0.15) is 11.5 Å². The minimum absolute atomic E-state index is 0.222. The summed E-state index contributed by atoms with van der Waals surface area (Å²) in [5.74, 6) is 0.658. The Balaban J connectivity index is 1.96. The molecule has 0 aliphatic carbocycles. The molecule has 2 aromatic carbocycles. The highest BCUT2D eigenvalue weighted by Crippen LogP contribution is 2.18. The smallest absolute Gasteiger partial charge is 0.512 e. The monoisotopic (exact) mass is 315 g/mol. The molecule has 120 valence electrons. The van der Waals surface area contributed by atoms with Gasteiger partial charge in [-0.2, -0.15) is 0 Å². The first-order valence-corrected chi connectivity index (χ1v) is 7.22. The molecule has 6 nitrogen and oxygen atoms in total. The number of ether oxygens (including phenoxy) is 1. The van der Waals surface area contributed by atoms with Crippen molar-refractivity contribution in [2.24, 2.45) is 0 Å². The molecule has 2 rings (SSSR count). The third kappa shape index (κ3) is 5.01. The molecule has 0 fully saturated rings. The summed E-state index contributed by atoms with van der Waals surface area (Å²) < 4.78 is 10.2. The molecule has 7 heteroatoms. The van der Waals surface area contributed by atoms with Crippen LogP contribution in [0.3, 0.4) is 0 Å². The van der Waals surface area contributed by atoms with Gasteiger partial charge in [-0.25, -0.2) is 0 Å². The third-order valence-corrected chi connectivity index (χ3v) is 3.05. The molecule has 0 saturated heterocycles. The molecule has 0 aliphatic heterocycles. The van der Waals surface area contributed by atoms with Crippen LogP contribution in [0.4, 0.5) is 0 Å². The molecule has 2 aromatic rings. The summed E-state index contributed by atoms with van der Waals surface area (Å²) in [6.45, 7) is 2.69. The highest BCUT2D eigenvalue weighted by atomic mass is 16.6. The Hall–Kier alpha value is -2.51. The van der Waals surface area contributed by atoms with Crippen molar-refractivity contribution in [2.75, 3.05) is 6.61 Å². The Kier molecular flexibility index (Phi) is 6.02. The van der Waals surface area contributed by atoms with Crippen molar-refractivity contribution >= 4 is 13.2 Å². The number of para-hydroxylation sites is 1. The topological polar surface area (TPSA) is 88.0 Å². The van der Waals surface area contributed by atoms with Gasteiger partial charge in [-0.15, -0.1) is 0 Å². The lowest BCUT2D eigenvalue weighted by atomic mass is 10.1. The summed E-state index contributed by atoms with van der Waals surface area (Å²) in [6.07, 6.45) is 0. The van der Waals surface area contributed by atoms with E-state index in [4.69, 9.17) is 19.4 Å². The van der Waals surface area contributed by atoms with Gasteiger partial charge in [-0.1, -0.05) is 24.3 Å². The molecule has 0 spiro atoms. The van der Waals surface area contributed by atoms with E-state index in [1.807, 2.05) is 13.0 Å². The van der Waals surface area contributed by atoms with Crippen molar-refractivity contribution < 1.29 is 24.2 Å². The van der Waals surface area contributed by atoms with Gasteiger partial charge in [0.2, 0.25) is 0 Å². The van der Waals surface area contributed by atoms with E-state index >= 15 is 0 Å². The Morgan fingerprint density at radius 3 is 2.48 bits per heavy atom. The number of hydrogen-bond acceptors (Lipinski definition) is 5. The molecule has 0 atom stereocenters. The fraction of sp³-hybridized carbons (Fsp3) is 0.188. The first-order chi connectivity index (χ1) is 11.1. The maximum atomic E-state index is 12.2. The molecule has 1 amide bonds. The van der Waals surface area contributed by atoms with Crippen LogP contribution in [0.25, 0.3) is 0 Å². The molecule has 0 heterocycles. The number of carbonyl (C=O) groups excluding carboxylic acids is 1. The van der Waals surface area contributed by atoms with Gasteiger partial charge in [0, 0.05) is 6.54 Å². The lowest BCUT2D eigenvalue weighted by Crippen LogP contribution is -2.23. The SMILES string of the molecule is CCOc1ccccc1C(=O)NCc1ccc(OB(O)O)cc1. The quantitative estimate of drug-likeness (QED) is 0.672. The third-order valence-electron chi connectivity index (χ3n) is 3.05. The number of amides is 1. The Morgan fingerprint density at radius 1 is 1.13 bits per heavy atom. The second-order valence-electron chi connectivity index (χ2n) is 4.70. The summed E-state index contributed by atoms with van der Waals surface area (Å²) >= 11 is 0. The maximum Gasteiger partial charge on any atom is 0.707 e. The van der Waals surface area contributed by atoms with E-state index in [0.717, 1.165) is 5.56 Å². The van der Waals surface area contributed by atoms with Crippen molar-refractivity contribution in [2.45, 2.75) is 13.5 Å². The first-order valence-electron chi connectivity index (χ1n) is 7.22. The maximum absolute atomic E-state index is 12.2. The van der Waals surface area contributed by atoms with Crippen LogP contribution in [0.5, 0.6) is 11.5 Å². The summed E-state index contributed by atoms with van der Waals surface area (Å²) in [5.41, 5.74) is 1.34. The molecule has 0 bridgehead atoms. The predicted octanol–water partition coefficient (Wildman–Crippen LogP) is 1.36. The summed E-state index contributed by atoms with van der Waals surface area (Å²) in [7, 11) is -1.85.